The Morgan fingerprint density at radius 3 is 1.76 bits per heavy atom. The Kier molecular flexibility index (Phi) is 6.12. The van der Waals surface area contributed by atoms with Gasteiger partial charge in [0.2, 0.25) is 0 Å². The lowest BCUT2D eigenvalue weighted by Crippen LogP contribution is -2.41. The fraction of sp³-hybridized carbons (Fsp3) is 0.158. The van der Waals surface area contributed by atoms with Gasteiger partial charge in [0.05, 0.1) is 11.2 Å². The van der Waals surface area contributed by atoms with Gasteiger partial charge in [0.25, 0.3) is 0 Å². The van der Waals surface area contributed by atoms with Crippen molar-refractivity contribution in [2.45, 2.75) is 38.9 Å². The van der Waals surface area contributed by atoms with Crippen LogP contribution < -0.4 is 5.46 Å². The quantitative estimate of drug-likeness (QED) is 0.211. The molecule has 2 nitrogen and oxygen atoms in total. The maximum Gasteiger partial charge on any atom is 0.494 e. The van der Waals surface area contributed by atoms with Gasteiger partial charge in [-0.1, -0.05) is 109 Å². The first-order valence-electron chi connectivity index (χ1n) is 14.4. The molecule has 0 atom stereocenters. The summed E-state index contributed by atoms with van der Waals surface area (Å²) in [5.41, 5.74) is 7.38. The molecule has 7 rings (SSSR count). The van der Waals surface area contributed by atoms with Crippen LogP contribution in [0.4, 0.5) is 0 Å². The van der Waals surface area contributed by atoms with Gasteiger partial charge in [-0.15, -0.1) is 0 Å². The number of rotatable bonds is 4. The van der Waals surface area contributed by atoms with Gasteiger partial charge in [-0.3, -0.25) is 0 Å². The summed E-state index contributed by atoms with van der Waals surface area (Å²) in [6.07, 6.45) is 0. The monoisotopic (exact) mass is 532 g/mol. The third-order valence-corrected chi connectivity index (χ3v) is 8.86. The minimum absolute atomic E-state index is 0.398. The first-order valence-corrected chi connectivity index (χ1v) is 14.4. The molecule has 1 saturated heterocycles. The molecular formula is C38H33BO2. The van der Waals surface area contributed by atoms with Crippen molar-refractivity contribution < 1.29 is 9.31 Å². The third kappa shape index (κ3) is 4.66. The van der Waals surface area contributed by atoms with E-state index in [1.165, 1.54) is 43.8 Å². The van der Waals surface area contributed by atoms with E-state index in [1.807, 2.05) is 0 Å². The van der Waals surface area contributed by atoms with Gasteiger partial charge in [-0.2, -0.15) is 0 Å². The topological polar surface area (TPSA) is 18.5 Å². The molecule has 0 bridgehead atoms. The smallest absolute Gasteiger partial charge is 0.399 e. The van der Waals surface area contributed by atoms with Gasteiger partial charge in [-0.25, -0.2) is 0 Å². The highest BCUT2D eigenvalue weighted by molar-refractivity contribution is 6.62. The van der Waals surface area contributed by atoms with Crippen LogP contribution in [0, 0.1) is 0 Å². The summed E-state index contributed by atoms with van der Waals surface area (Å²) >= 11 is 0. The van der Waals surface area contributed by atoms with E-state index in [4.69, 9.17) is 9.31 Å². The van der Waals surface area contributed by atoms with Gasteiger partial charge < -0.3 is 9.31 Å². The molecule has 0 N–H and O–H groups in total. The Morgan fingerprint density at radius 1 is 0.439 bits per heavy atom. The second-order valence-electron chi connectivity index (χ2n) is 12.1. The van der Waals surface area contributed by atoms with Gasteiger partial charge in [0, 0.05) is 0 Å². The summed E-state index contributed by atoms with van der Waals surface area (Å²) in [6, 6.07) is 45.9. The van der Waals surface area contributed by atoms with E-state index in [2.05, 4.69) is 155 Å². The fourth-order valence-electron chi connectivity index (χ4n) is 5.80. The van der Waals surface area contributed by atoms with Crippen molar-refractivity contribution in [3.63, 3.8) is 0 Å². The van der Waals surface area contributed by atoms with Crippen molar-refractivity contribution in [3.8, 4) is 33.4 Å². The van der Waals surface area contributed by atoms with E-state index < -0.39 is 18.3 Å². The lowest BCUT2D eigenvalue weighted by atomic mass is 9.76. The molecular weight excluding hydrogens is 499 g/mol. The highest BCUT2D eigenvalue weighted by Gasteiger charge is 2.51. The number of hydrogen-bond acceptors (Lipinski definition) is 2. The van der Waals surface area contributed by atoms with Gasteiger partial charge in [0.15, 0.2) is 0 Å². The molecule has 0 aliphatic carbocycles. The van der Waals surface area contributed by atoms with Crippen LogP contribution in [0.5, 0.6) is 0 Å². The second-order valence-corrected chi connectivity index (χ2v) is 12.1. The Hall–Kier alpha value is -4.18. The lowest BCUT2D eigenvalue weighted by Gasteiger charge is -2.32. The maximum absolute atomic E-state index is 6.47. The van der Waals surface area contributed by atoms with E-state index in [0.717, 1.165) is 16.6 Å². The molecule has 1 aliphatic rings. The standard InChI is InChI=1S/C38H33BO2/c1-37(2)38(3,4)41-39(40-37)34-24-32(26-11-6-5-7-12-26)23-33(25-34)30-18-17-29-22-31(20-19-28(29)21-30)36-16-10-14-27-13-8-9-15-35(27)36/h5-25H,1-4H3. The predicted molar refractivity (Wildman–Crippen MR) is 173 cm³/mol. The summed E-state index contributed by atoms with van der Waals surface area (Å²) in [4.78, 5) is 0. The summed E-state index contributed by atoms with van der Waals surface area (Å²) in [6.45, 7) is 8.41. The van der Waals surface area contributed by atoms with E-state index >= 15 is 0 Å². The summed E-state index contributed by atoms with van der Waals surface area (Å²) in [5, 5.41) is 4.98. The third-order valence-electron chi connectivity index (χ3n) is 8.86. The molecule has 1 fully saturated rings. The molecule has 0 unspecified atom stereocenters. The zero-order valence-electron chi connectivity index (χ0n) is 24.0. The molecule has 1 aliphatic heterocycles. The van der Waals surface area contributed by atoms with Gasteiger partial charge in [-0.05, 0) is 106 Å². The average molecular weight is 532 g/mol. The number of benzene rings is 6. The molecule has 0 saturated carbocycles. The van der Waals surface area contributed by atoms with Gasteiger partial charge >= 0.3 is 7.12 Å². The van der Waals surface area contributed by atoms with Crippen LogP contribution in [0.1, 0.15) is 27.7 Å². The molecule has 0 amide bonds. The maximum atomic E-state index is 6.47. The minimum atomic E-state index is -0.425. The van der Waals surface area contributed by atoms with Crippen LogP contribution in [0.2, 0.25) is 0 Å². The number of hydrogen-bond donors (Lipinski definition) is 0. The Bertz CT molecular complexity index is 1880. The first-order chi connectivity index (χ1) is 19.8. The first kappa shape index (κ1) is 25.8. The van der Waals surface area contributed by atoms with Crippen molar-refractivity contribution in [1.82, 2.24) is 0 Å². The minimum Gasteiger partial charge on any atom is -0.399 e. The second kappa shape index (κ2) is 9.73. The normalized spacial score (nSPS) is 16.0. The summed E-state index contributed by atoms with van der Waals surface area (Å²) in [7, 11) is -0.425. The molecule has 6 aromatic rings. The molecule has 200 valence electrons. The molecule has 0 spiro atoms. The largest absolute Gasteiger partial charge is 0.494 e. The van der Waals surface area contributed by atoms with Crippen LogP contribution in [-0.4, -0.2) is 18.3 Å². The summed E-state index contributed by atoms with van der Waals surface area (Å²) in [5.74, 6) is 0. The molecule has 0 radical (unpaired) electrons. The molecule has 3 heteroatoms. The van der Waals surface area contributed by atoms with Crippen LogP contribution >= 0.6 is 0 Å². The van der Waals surface area contributed by atoms with E-state index in [-0.39, 0.29) is 0 Å². The molecule has 6 aromatic carbocycles. The van der Waals surface area contributed by atoms with Crippen LogP contribution in [0.15, 0.2) is 127 Å². The zero-order valence-corrected chi connectivity index (χ0v) is 24.0. The summed E-state index contributed by atoms with van der Waals surface area (Å²) < 4.78 is 12.9. The Labute approximate surface area is 242 Å². The van der Waals surface area contributed by atoms with Crippen molar-refractivity contribution in [2.75, 3.05) is 0 Å². The van der Waals surface area contributed by atoms with Gasteiger partial charge in [0.1, 0.15) is 0 Å². The van der Waals surface area contributed by atoms with E-state index in [9.17, 15) is 0 Å². The average Bonchev–Trinajstić information content (AvgIpc) is 3.22. The van der Waals surface area contributed by atoms with E-state index in [0.29, 0.717) is 0 Å². The van der Waals surface area contributed by atoms with Crippen LogP contribution in [0.25, 0.3) is 54.9 Å². The zero-order chi connectivity index (χ0) is 28.2. The Morgan fingerprint density at radius 2 is 1.02 bits per heavy atom. The SMILES string of the molecule is CC1(C)OB(c2cc(-c3ccccc3)cc(-c3ccc4cc(-c5cccc6ccccc56)ccc4c3)c2)OC1(C)C. The number of fused-ring (bicyclic) bond motifs is 2. The molecule has 1 heterocycles. The van der Waals surface area contributed by atoms with Crippen LogP contribution in [0.3, 0.4) is 0 Å². The van der Waals surface area contributed by atoms with Crippen molar-refractivity contribution in [1.29, 1.82) is 0 Å². The predicted octanol–water partition coefficient (Wildman–Crippen LogP) is 9.29. The molecule has 0 aromatic heterocycles. The fourth-order valence-corrected chi connectivity index (χ4v) is 5.80. The van der Waals surface area contributed by atoms with Crippen molar-refractivity contribution in [2.24, 2.45) is 0 Å². The lowest BCUT2D eigenvalue weighted by molar-refractivity contribution is 0.00578. The highest BCUT2D eigenvalue weighted by atomic mass is 16.7. The van der Waals surface area contributed by atoms with Crippen molar-refractivity contribution in [3.05, 3.63) is 127 Å². The van der Waals surface area contributed by atoms with Crippen LogP contribution in [-0.2, 0) is 9.31 Å². The Balaban J connectivity index is 1.31. The molecule has 41 heavy (non-hydrogen) atoms. The highest BCUT2D eigenvalue weighted by Crippen LogP contribution is 2.38. The van der Waals surface area contributed by atoms with E-state index in [1.54, 1.807) is 0 Å². The van der Waals surface area contributed by atoms with Crippen molar-refractivity contribution >= 4 is 34.1 Å².